The average Bonchev–Trinajstić information content (AvgIpc) is 3.31. The van der Waals surface area contributed by atoms with E-state index in [9.17, 15) is 4.79 Å². The molecule has 0 spiro atoms. The van der Waals surface area contributed by atoms with Gasteiger partial charge in [-0.15, -0.1) is 11.3 Å². The number of nitrogens with zero attached hydrogens (tertiary/aromatic N) is 3. The third-order valence-corrected chi connectivity index (χ3v) is 5.28. The number of hydrogen-bond donors (Lipinski definition) is 1. The van der Waals surface area contributed by atoms with Crippen molar-refractivity contribution in [1.82, 2.24) is 14.5 Å². The highest BCUT2D eigenvalue weighted by Gasteiger charge is 2.26. The van der Waals surface area contributed by atoms with Crippen molar-refractivity contribution in [2.75, 3.05) is 5.32 Å². The molecule has 0 radical (unpaired) electrons. The van der Waals surface area contributed by atoms with Crippen molar-refractivity contribution < 1.29 is 9.53 Å². The minimum absolute atomic E-state index is 0.0969. The molecular weight excluding hydrogens is 384 g/mol. The van der Waals surface area contributed by atoms with Gasteiger partial charge in [0.25, 0.3) is 5.91 Å². The summed E-state index contributed by atoms with van der Waals surface area (Å²) in [7, 11) is 0. The zero-order chi connectivity index (χ0) is 20.9. The lowest BCUT2D eigenvalue weighted by Gasteiger charge is -2.25. The smallest absolute Gasteiger partial charge is 0.274 e. The number of nitrogens with one attached hydrogen (secondary N) is 1. The number of aromatic nitrogens is 3. The van der Waals surface area contributed by atoms with E-state index in [1.807, 2.05) is 68.2 Å². The maximum Gasteiger partial charge on any atom is 0.274 e. The van der Waals surface area contributed by atoms with Crippen LogP contribution in [0.5, 0.6) is 0 Å². The highest BCUT2D eigenvalue weighted by Crippen LogP contribution is 2.29. The largest absolute Gasteiger partial charge is 0.367 e. The normalized spacial score (nSPS) is 11.8. The lowest BCUT2D eigenvalue weighted by atomic mass is 10.1. The summed E-state index contributed by atoms with van der Waals surface area (Å²) < 4.78 is 7.92. The zero-order valence-corrected chi connectivity index (χ0v) is 18.2. The van der Waals surface area contributed by atoms with E-state index in [4.69, 9.17) is 4.74 Å². The Morgan fingerprint density at radius 3 is 2.86 bits per heavy atom. The molecule has 154 valence electrons. The van der Waals surface area contributed by atoms with Crippen molar-refractivity contribution in [2.24, 2.45) is 0 Å². The van der Waals surface area contributed by atoms with E-state index in [0.717, 1.165) is 25.1 Å². The van der Waals surface area contributed by atoms with Gasteiger partial charge in [0.15, 0.2) is 5.13 Å². The second-order valence-corrected chi connectivity index (χ2v) is 8.58. The Hall–Kier alpha value is -2.51. The molecule has 0 aromatic carbocycles. The van der Waals surface area contributed by atoms with Gasteiger partial charge in [0.05, 0.1) is 11.8 Å². The summed E-state index contributed by atoms with van der Waals surface area (Å²) in [5.74, 6) is -0.153. The molecule has 3 aromatic rings. The van der Waals surface area contributed by atoms with E-state index in [2.05, 4.69) is 21.4 Å². The van der Waals surface area contributed by atoms with Crippen molar-refractivity contribution in [3.8, 4) is 0 Å². The SMILES string of the molecule is CC(C)OC(C)(C)c1csc(NC(=O)c2cccn2CCCc2cccnc2)n1. The molecule has 0 aliphatic heterocycles. The number of amides is 1. The Bertz CT molecular complexity index is 931. The number of anilines is 1. The quantitative estimate of drug-likeness (QED) is 0.543. The van der Waals surface area contributed by atoms with Crippen LogP contribution in [0, 0.1) is 0 Å². The molecule has 3 rings (SSSR count). The first-order chi connectivity index (χ1) is 13.8. The van der Waals surface area contributed by atoms with Crippen LogP contribution in [-0.2, 0) is 23.3 Å². The average molecular weight is 413 g/mol. The monoisotopic (exact) mass is 412 g/mol. The van der Waals surface area contributed by atoms with Crippen LogP contribution in [0.4, 0.5) is 5.13 Å². The maximum atomic E-state index is 12.8. The van der Waals surface area contributed by atoms with E-state index < -0.39 is 5.60 Å². The summed E-state index contributed by atoms with van der Waals surface area (Å²) in [6.07, 6.45) is 7.55. The molecular formula is C22H28N4O2S. The van der Waals surface area contributed by atoms with Crippen molar-refractivity contribution in [1.29, 1.82) is 0 Å². The number of ether oxygens (including phenoxy) is 1. The number of carbonyl (C=O) groups is 1. The van der Waals surface area contributed by atoms with E-state index in [1.54, 1.807) is 6.20 Å². The summed E-state index contributed by atoms with van der Waals surface area (Å²) in [6.45, 7) is 8.74. The third kappa shape index (κ3) is 5.74. The van der Waals surface area contributed by atoms with E-state index in [1.165, 1.54) is 16.9 Å². The molecule has 3 aromatic heterocycles. The van der Waals surface area contributed by atoms with Crippen molar-refractivity contribution in [2.45, 2.75) is 58.8 Å². The Balaban J connectivity index is 1.60. The fourth-order valence-corrected chi connectivity index (χ4v) is 4.10. The second-order valence-electron chi connectivity index (χ2n) is 7.72. The van der Waals surface area contributed by atoms with Crippen LogP contribution in [0.2, 0.25) is 0 Å². The highest BCUT2D eigenvalue weighted by atomic mass is 32.1. The number of aryl methyl sites for hydroxylation is 2. The summed E-state index contributed by atoms with van der Waals surface area (Å²) in [5, 5.41) is 5.43. The van der Waals surface area contributed by atoms with Gasteiger partial charge in [0.1, 0.15) is 11.3 Å². The van der Waals surface area contributed by atoms with Crippen LogP contribution in [-0.4, -0.2) is 26.5 Å². The van der Waals surface area contributed by atoms with Crippen molar-refractivity contribution in [3.05, 3.63) is 65.2 Å². The van der Waals surface area contributed by atoms with Crippen LogP contribution < -0.4 is 5.32 Å². The first kappa shape index (κ1) is 21.2. The minimum atomic E-state index is -0.500. The molecule has 0 aliphatic carbocycles. The molecule has 1 N–H and O–H groups in total. The maximum absolute atomic E-state index is 12.8. The molecule has 0 saturated heterocycles. The molecule has 0 atom stereocenters. The van der Waals surface area contributed by atoms with Crippen molar-refractivity contribution in [3.63, 3.8) is 0 Å². The van der Waals surface area contributed by atoms with E-state index in [0.29, 0.717) is 10.8 Å². The third-order valence-electron chi connectivity index (χ3n) is 4.52. The lowest BCUT2D eigenvalue weighted by Crippen LogP contribution is -2.26. The first-order valence-electron chi connectivity index (χ1n) is 9.84. The lowest BCUT2D eigenvalue weighted by molar-refractivity contribution is -0.0623. The van der Waals surface area contributed by atoms with Crippen LogP contribution in [0.25, 0.3) is 0 Å². The molecule has 0 unspecified atom stereocenters. The molecule has 1 amide bonds. The highest BCUT2D eigenvalue weighted by molar-refractivity contribution is 7.14. The van der Waals surface area contributed by atoms with Gasteiger partial charge in [-0.05, 0) is 64.3 Å². The molecule has 0 bridgehead atoms. The number of rotatable bonds is 9. The molecule has 6 nitrogen and oxygen atoms in total. The van der Waals surface area contributed by atoms with Gasteiger partial charge in [-0.1, -0.05) is 6.07 Å². The number of pyridine rings is 1. The topological polar surface area (TPSA) is 69.0 Å². The summed E-state index contributed by atoms with van der Waals surface area (Å²) in [4.78, 5) is 21.5. The van der Waals surface area contributed by atoms with Crippen LogP contribution in [0.3, 0.4) is 0 Å². The molecule has 7 heteroatoms. The Kier molecular flexibility index (Phi) is 6.82. The minimum Gasteiger partial charge on any atom is -0.367 e. The van der Waals surface area contributed by atoms with Gasteiger partial charge in [0, 0.05) is 30.5 Å². The molecule has 0 saturated carbocycles. The molecule has 3 heterocycles. The fraction of sp³-hybridized carbons (Fsp3) is 0.409. The van der Waals surface area contributed by atoms with Gasteiger partial charge in [-0.25, -0.2) is 4.98 Å². The van der Waals surface area contributed by atoms with Crippen molar-refractivity contribution >= 4 is 22.4 Å². The molecule has 29 heavy (non-hydrogen) atoms. The van der Waals surface area contributed by atoms with Crippen LogP contribution in [0.1, 0.15) is 55.9 Å². The van der Waals surface area contributed by atoms with Gasteiger partial charge in [0.2, 0.25) is 0 Å². The molecule has 0 fully saturated rings. The summed E-state index contributed by atoms with van der Waals surface area (Å²) >= 11 is 1.41. The van der Waals surface area contributed by atoms with Gasteiger partial charge in [-0.2, -0.15) is 0 Å². The number of carbonyl (C=O) groups excluding carboxylic acids is 1. The number of hydrogen-bond acceptors (Lipinski definition) is 5. The van der Waals surface area contributed by atoms with Crippen LogP contribution >= 0.6 is 11.3 Å². The summed E-state index contributed by atoms with van der Waals surface area (Å²) in [6, 6.07) is 7.74. The Morgan fingerprint density at radius 2 is 2.14 bits per heavy atom. The Labute approximate surface area is 176 Å². The van der Waals surface area contributed by atoms with Gasteiger partial charge in [-0.3, -0.25) is 15.1 Å². The zero-order valence-electron chi connectivity index (χ0n) is 17.4. The van der Waals surface area contributed by atoms with Crippen LogP contribution in [0.15, 0.2) is 48.2 Å². The number of thiazole rings is 1. The predicted octanol–water partition coefficient (Wildman–Crippen LogP) is 4.88. The Morgan fingerprint density at radius 1 is 1.31 bits per heavy atom. The molecule has 0 aliphatic rings. The first-order valence-corrected chi connectivity index (χ1v) is 10.7. The van der Waals surface area contributed by atoms with Gasteiger partial charge >= 0.3 is 0 Å². The fourth-order valence-electron chi connectivity index (χ4n) is 3.23. The van der Waals surface area contributed by atoms with E-state index >= 15 is 0 Å². The summed E-state index contributed by atoms with van der Waals surface area (Å²) in [5.41, 5.74) is 2.15. The second kappa shape index (κ2) is 9.33. The standard InChI is InChI=1S/C22H28N4O2S/c1-16(2)28-22(3,4)19-15-29-21(24-19)25-20(27)18-10-7-13-26(18)12-6-9-17-8-5-11-23-14-17/h5,7-8,10-11,13-16H,6,9,12H2,1-4H3,(H,24,25,27). The van der Waals surface area contributed by atoms with E-state index in [-0.39, 0.29) is 12.0 Å². The van der Waals surface area contributed by atoms with Gasteiger partial charge < -0.3 is 9.30 Å². The predicted molar refractivity (Wildman–Crippen MR) is 116 cm³/mol.